The van der Waals surface area contributed by atoms with Gasteiger partial charge in [0.25, 0.3) is 0 Å². The zero-order valence-electron chi connectivity index (χ0n) is 6.64. The molecule has 60 valence electrons. The van der Waals surface area contributed by atoms with Crippen molar-refractivity contribution in [1.82, 2.24) is 0 Å². The molecule has 0 saturated carbocycles. The Labute approximate surface area is 67.7 Å². The van der Waals surface area contributed by atoms with Crippen LogP contribution in [0.4, 0.5) is 0 Å². The molecule has 3 unspecified atom stereocenters. The average Bonchev–Trinajstić information content (AvgIpc) is 2.30. The van der Waals surface area contributed by atoms with Crippen molar-refractivity contribution in [3.8, 4) is 0 Å². The van der Waals surface area contributed by atoms with Crippen molar-refractivity contribution >= 4 is 11.6 Å². The summed E-state index contributed by atoms with van der Waals surface area (Å²) in [5.41, 5.74) is 0. The standard InChI is InChI=1S/C8H15ClO/c1-3-7-4-8(5-9)10-6(7)2/h6-8H,3-5H2,1-2H3. The molecule has 2 heteroatoms. The molecular weight excluding hydrogens is 148 g/mol. The quantitative estimate of drug-likeness (QED) is 0.567. The van der Waals surface area contributed by atoms with Gasteiger partial charge in [0, 0.05) is 5.88 Å². The van der Waals surface area contributed by atoms with Crippen molar-refractivity contribution in [3.63, 3.8) is 0 Å². The third kappa shape index (κ3) is 1.64. The van der Waals surface area contributed by atoms with Crippen LogP contribution in [0.5, 0.6) is 0 Å². The van der Waals surface area contributed by atoms with Crippen LogP contribution in [0, 0.1) is 5.92 Å². The number of ether oxygens (including phenoxy) is 1. The highest BCUT2D eigenvalue weighted by molar-refractivity contribution is 6.18. The fourth-order valence-electron chi connectivity index (χ4n) is 1.60. The van der Waals surface area contributed by atoms with Gasteiger partial charge in [-0.1, -0.05) is 13.3 Å². The van der Waals surface area contributed by atoms with Crippen LogP contribution in [0.2, 0.25) is 0 Å². The minimum atomic E-state index is 0.321. The van der Waals surface area contributed by atoms with Crippen molar-refractivity contribution in [3.05, 3.63) is 0 Å². The summed E-state index contributed by atoms with van der Waals surface area (Å²) >= 11 is 5.67. The molecule has 0 radical (unpaired) electrons. The molecule has 0 aromatic rings. The Morgan fingerprint density at radius 1 is 1.60 bits per heavy atom. The second-order valence-electron chi connectivity index (χ2n) is 3.02. The molecule has 0 bridgehead atoms. The van der Waals surface area contributed by atoms with Gasteiger partial charge in [0.15, 0.2) is 0 Å². The van der Waals surface area contributed by atoms with E-state index in [0.717, 1.165) is 12.3 Å². The smallest absolute Gasteiger partial charge is 0.0717 e. The zero-order valence-corrected chi connectivity index (χ0v) is 7.40. The van der Waals surface area contributed by atoms with Crippen molar-refractivity contribution in [2.24, 2.45) is 5.92 Å². The minimum Gasteiger partial charge on any atom is -0.374 e. The lowest BCUT2D eigenvalue weighted by atomic mass is 9.98. The summed E-state index contributed by atoms with van der Waals surface area (Å²) < 4.78 is 5.58. The van der Waals surface area contributed by atoms with Gasteiger partial charge < -0.3 is 4.74 Å². The first-order valence-corrected chi connectivity index (χ1v) is 4.52. The molecule has 0 N–H and O–H groups in total. The zero-order chi connectivity index (χ0) is 7.56. The molecule has 0 spiro atoms. The SMILES string of the molecule is CCC1CC(CCl)OC1C. The van der Waals surface area contributed by atoms with Crippen LogP contribution >= 0.6 is 11.6 Å². The topological polar surface area (TPSA) is 9.23 Å². The summed E-state index contributed by atoms with van der Waals surface area (Å²) in [4.78, 5) is 0. The van der Waals surface area contributed by atoms with Crippen LogP contribution in [0.25, 0.3) is 0 Å². The molecule has 0 aromatic heterocycles. The minimum absolute atomic E-state index is 0.321. The number of alkyl halides is 1. The van der Waals surface area contributed by atoms with E-state index < -0.39 is 0 Å². The van der Waals surface area contributed by atoms with Crippen molar-refractivity contribution < 1.29 is 4.74 Å². The van der Waals surface area contributed by atoms with E-state index in [-0.39, 0.29) is 0 Å². The van der Waals surface area contributed by atoms with Crippen LogP contribution in [-0.2, 0) is 4.74 Å². The molecule has 0 aliphatic carbocycles. The maximum atomic E-state index is 5.67. The fraction of sp³-hybridized carbons (Fsp3) is 1.00. The van der Waals surface area contributed by atoms with E-state index in [1.165, 1.54) is 6.42 Å². The molecule has 1 aliphatic heterocycles. The molecule has 1 saturated heterocycles. The highest BCUT2D eigenvalue weighted by Gasteiger charge is 2.29. The van der Waals surface area contributed by atoms with Crippen molar-refractivity contribution in [2.75, 3.05) is 5.88 Å². The number of halogens is 1. The van der Waals surface area contributed by atoms with E-state index >= 15 is 0 Å². The largest absolute Gasteiger partial charge is 0.374 e. The summed E-state index contributed by atoms with van der Waals surface area (Å²) in [5, 5.41) is 0. The first-order valence-electron chi connectivity index (χ1n) is 3.99. The Bertz CT molecular complexity index is 105. The first kappa shape index (κ1) is 8.35. The predicted molar refractivity (Wildman–Crippen MR) is 43.5 cm³/mol. The van der Waals surface area contributed by atoms with Crippen molar-refractivity contribution in [1.29, 1.82) is 0 Å². The lowest BCUT2D eigenvalue weighted by Crippen LogP contribution is -2.10. The second-order valence-corrected chi connectivity index (χ2v) is 3.33. The molecule has 0 amide bonds. The fourth-order valence-corrected chi connectivity index (χ4v) is 1.80. The Kier molecular flexibility index (Phi) is 2.99. The lowest BCUT2D eigenvalue weighted by Gasteiger charge is -2.09. The molecule has 1 nitrogen and oxygen atoms in total. The van der Waals surface area contributed by atoms with Gasteiger partial charge in [0.1, 0.15) is 0 Å². The molecule has 1 fully saturated rings. The number of rotatable bonds is 2. The van der Waals surface area contributed by atoms with Gasteiger partial charge in [-0.25, -0.2) is 0 Å². The first-order chi connectivity index (χ1) is 4.77. The average molecular weight is 163 g/mol. The van der Waals surface area contributed by atoms with Crippen molar-refractivity contribution in [2.45, 2.75) is 38.9 Å². The lowest BCUT2D eigenvalue weighted by molar-refractivity contribution is 0.0573. The van der Waals surface area contributed by atoms with E-state index in [1.807, 2.05) is 0 Å². The Morgan fingerprint density at radius 2 is 2.30 bits per heavy atom. The molecule has 10 heavy (non-hydrogen) atoms. The Morgan fingerprint density at radius 3 is 2.60 bits per heavy atom. The van der Waals surface area contributed by atoms with E-state index in [4.69, 9.17) is 16.3 Å². The molecule has 0 aromatic carbocycles. The van der Waals surface area contributed by atoms with Crippen LogP contribution in [0.1, 0.15) is 26.7 Å². The summed E-state index contributed by atoms with van der Waals surface area (Å²) in [5.74, 6) is 1.39. The van der Waals surface area contributed by atoms with Crippen LogP contribution in [0.15, 0.2) is 0 Å². The third-order valence-electron chi connectivity index (χ3n) is 2.33. The predicted octanol–water partition coefficient (Wildman–Crippen LogP) is 2.43. The van der Waals surface area contributed by atoms with Crippen LogP contribution in [0.3, 0.4) is 0 Å². The number of hydrogen-bond acceptors (Lipinski definition) is 1. The van der Waals surface area contributed by atoms with Gasteiger partial charge in [-0.05, 0) is 19.3 Å². The molecule has 3 atom stereocenters. The summed E-state index contributed by atoms with van der Waals surface area (Å²) in [6.45, 7) is 4.35. The van der Waals surface area contributed by atoms with E-state index in [9.17, 15) is 0 Å². The normalized spacial score (nSPS) is 40.5. The monoisotopic (exact) mass is 162 g/mol. The molecule has 1 heterocycles. The Hall–Kier alpha value is 0.250. The van der Waals surface area contributed by atoms with Gasteiger partial charge in [0.05, 0.1) is 12.2 Å². The number of hydrogen-bond donors (Lipinski definition) is 0. The highest BCUT2D eigenvalue weighted by Crippen LogP contribution is 2.28. The summed E-state index contributed by atoms with van der Waals surface area (Å²) in [6, 6.07) is 0. The maximum Gasteiger partial charge on any atom is 0.0717 e. The summed E-state index contributed by atoms with van der Waals surface area (Å²) in [7, 11) is 0. The van der Waals surface area contributed by atoms with Gasteiger partial charge in [-0.15, -0.1) is 11.6 Å². The van der Waals surface area contributed by atoms with Gasteiger partial charge in [-0.2, -0.15) is 0 Å². The maximum absolute atomic E-state index is 5.67. The van der Waals surface area contributed by atoms with E-state index in [1.54, 1.807) is 0 Å². The van der Waals surface area contributed by atoms with Crippen LogP contribution < -0.4 is 0 Å². The van der Waals surface area contributed by atoms with Crippen LogP contribution in [-0.4, -0.2) is 18.1 Å². The molecular formula is C8H15ClO. The third-order valence-corrected chi connectivity index (χ3v) is 2.68. The van der Waals surface area contributed by atoms with Gasteiger partial charge >= 0.3 is 0 Å². The summed E-state index contributed by atoms with van der Waals surface area (Å²) in [6.07, 6.45) is 3.12. The second kappa shape index (κ2) is 3.59. The van der Waals surface area contributed by atoms with E-state index in [0.29, 0.717) is 18.1 Å². The Balaban J connectivity index is 2.36. The molecule has 1 rings (SSSR count). The highest BCUT2D eigenvalue weighted by atomic mass is 35.5. The molecule has 1 aliphatic rings. The van der Waals surface area contributed by atoms with Gasteiger partial charge in [0.2, 0.25) is 0 Å². The van der Waals surface area contributed by atoms with Gasteiger partial charge in [-0.3, -0.25) is 0 Å². The van der Waals surface area contributed by atoms with E-state index in [2.05, 4.69) is 13.8 Å².